The van der Waals surface area contributed by atoms with Gasteiger partial charge in [-0.05, 0) is 27.4 Å². The molecule has 0 aromatic carbocycles. The molecule has 74 valence electrons. The second-order valence-corrected chi connectivity index (χ2v) is 3.79. The molecule has 1 rings (SSSR count). The molecule has 1 fully saturated rings. The zero-order chi connectivity index (χ0) is 10.1. The molecule has 2 N–H and O–H groups in total. The van der Waals surface area contributed by atoms with Crippen LogP contribution in [0.1, 0.15) is 13.3 Å². The molecule has 1 atom stereocenters. The van der Waals surface area contributed by atoms with Crippen LogP contribution in [0.15, 0.2) is 0 Å². The van der Waals surface area contributed by atoms with Crippen LogP contribution in [-0.2, 0) is 4.79 Å². The molecule has 0 aliphatic carbocycles. The van der Waals surface area contributed by atoms with Gasteiger partial charge in [0.1, 0.15) is 5.54 Å². The van der Waals surface area contributed by atoms with E-state index in [0.717, 1.165) is 6.54 Å². The summed E-state index contributed by atoms with van der Waals surface area (Å²) in [7, 11) is 3.86. The normalized spacial score (nSPS) is 27.7. The van der Waals surface area contributed by atoms with Crippen molar-refractivity contribution in [3.8, 4) is 0 Å². The summed E-state index contributed by atoms with van der Waals surface area (Å²) in [6, 6.07) is -0.397. The van der Waals surface area contributed by atoms with Gasteiger partial charge in [-0.1, -0.05) is 0 Å². The van der Waals surface area contributed by atoms with E-state index in [9.17, 15) is 9.59 Å². The van der Waals surface area contributed by atoms with Gasteiger partial charge in [-0.15, -0.1) is 0 Å². The first-order valence-electron chi connectivity index (χ1n) is 4.22. The summed E-state index contributed by atoms with van der Waals surface area (Å²) in [4.78, 5) is 24.1. The first-order chi connectivity index (χ1) is 5.94. The van der Waals surface area contributed by atoms with Gasteiger partial charge < -0.3 is 10.2 Å². The van der Waals surface area contributed by atoms with Gasteiger partial charge in [0, 0.05) is 6.54 Å². The fourth-order valence-electron chi connectivity index (χ4n) is 1.20. The number of rotatable bonds is 3. The van der Waals surface area contributed by atoms with Crippen molar-refractivity contribution in [3.05, 3.63) is 0 Å². The molecule has 5 nitrogen and oxygen atoms in total. The van der Waals surface area contributed by atoms with Crippen molar-refractivity contribution in [2.24, 2.45) is 0 Å². The van der Waals surface area contributed by atoms with Crippen LogP contribution in [0.2, 0.25) is 0 Å². The molecule has 13 heavy (non-hydrogen) atoms. The van der Waals surface area contributed by atoms with Gasteiger partial charge in [-0.25, -0.2) is 4.79 Å². The molecule has 0 radical (unpaired) electrons. The van der Waals surface area contributed by atoms with E-state index in [0.29, 0.717) is 6.42 Å². The third-order valence-corrected chi connectivity index (χ3v) is 2.18. The fraction of sp³-hybridized carbons (Fsp3) is 0.750. The van der Waals surface area contributed by atoms with E-state index in [4.69, 9.17) is 0 Å². The lowest BCUT2D eigenvalue weighted by atomic mass is 9.98. The lowest BCUT2D eigenvalue weighted by Crippen LogP contribution is -2.45. The van der Waals surface area contributed by atoms with Gasteiger partial charge in [-0.2, -0.15) is 0 Å². The highest BCUT2D eigenvalue weighted by atomic mass is 16.2. The van der Waals surface area contributed by atoms with Gasteiger partial charge >= 0.3 is 6.03 Å². The number of nitrogens with zero attached hydrogens (tertiary/aromatic N) is 1. The maximum absolute atomic E-state index is 11.3. The summed E-state index contributed by atoms with van der Waals surface area (Å²) in [5, 5.41) is 4.83. The SMILES string of the molecule is CN(C)CC[C@@]1(C)NC(=O)NC1=O. The second-order valence-electron chi connectivity index (χ2n) is 3.79. The molecular weight excluding hydrogens is 170 g/mol. The summed E-state index contributed by atoms with van der Waals surface area (Å²) >= 11 is 0. The molecule has 0 aromatic rings. The van der Waals surface area contributed by atoms with Crippen LogP contribution >= 0.6 is 0 Å². The smallest absolute Gasteiger partial charge is 0.322 e. The summed E-state index contributed by atoms with van der Waals surface area (Å²) in [6.45, 7) is 2.50. The minimum atomic E-state index is -0.735. The predicted molar refractivity (Wildman–Crippen MR) is 48.3 cm³/mol. The highest BCUT2D eigenvalue weighted by Crippen LogP contribution is 2.14. The number of amides is 3. The molecule has 0 aromatic heterocycles. The Kier molecular flexibility index (Phi) is 2.56. The van der Waals surface area contributed by atoms with E-state index in [1.165, 1.54) is 0 Å². The molecule has 0 spiro atoms. The van der Waals surface area contributed by atoms with Crippen molar-refractivity contribution in [1.29, 1.82) is 0 Å². The maximum atomic E-state index is 11.3. The maximum Gasteiger partial charge on any atom is 0.322 e. The first kappa shape index (κ1) is 9.98. The molecule has 5 heteroatoms. The van der Waals surface area contributed by atoms with Crippen LogP contribution in [-0.4, -0.2) is 43.0 Å². The van der Waals surface area contributed by atoms with Gasteiger partial charge in [0.25, 0.3) is 5.91 Å². The molecule has 0 bridgehead atoms. The highest BCUT2D eigenvalue weighted by Gasteiger charge is 2.41. The Morgan fingerprint density at radius 3 is 2.38 bits per heavy atom. The lowest BCUT2D eigenvalue weighted by molar-refractivity contribution is -0.123. The van der Waals surface area contributed by atoms with E-state index in [1.54, 1.807) is 6.92 Å². The Morgan fingerprint density at radius 1 is 1.38 bits per heavy atom. The first-order valence-corrected chi connectivity index (χ1v) is 4.22. The molecular formula is C8H15N3O2. The zero-order valence-corrected chi connectivity index (χ0v) is 8.18. The number of imide groups is 1. The summed E-state index contributed by atoms with van der Waals surface area (Å²) in [5.74, 6) is -0.237. The molecule has 1 heterocycles. The van der Waals surface area contributed by atoms with Gasteiger partial charge in [0.2, 0.25) is 0 Å². The number of hydrogen-bond donors (Lipinski definition) is 2. The number of hydrogen-bond acceptors (Lipinski definition) is 3. The topological polar surface area (TPSA) is 61.4 Å². The van der Waals surface area contributed by atoms with Crippen molar-refractivity contribution in [3.63, 3.8) is 0 Å². The van der Waals surface area contributed by atoms with E-state index < -0.39 is 11.6 Å². The van der Waals surface area contributed by atoms with E-state index in [2.05, 4.69) is 10.6 Å². The van der Waals surface area contributed by atoms with Gasteiger partial charge in [0.05, 0.1) is 0 Å². The standard InChI is InChI=1S/C8H15N3O2/c1-8(4-5-11(2)3)6(12)9-7(13)10-8/h4-5H2,1-3H3,(H2,9,10,12,13)/t8-/m1/s1. The highest BCUT2D eigenvalue weighted by molar-refractivity contribution is 6.06. The van der Waals surface area contributed by atoms with Crippen LogP contribution in [0.3, 0.4) is 0 Å². The van der Waals surface area contributed by atoms with Crippen LogP contribution in [0.5, 0.6) is 0 Å². The van der Waals surface area contributed by atoms with Crippen LogP contribution in [0, 0.1) is 0 Å². The Balaban J connectivity index is 2.55. The molecule has 1 saturated heterocycles. The van der Waals surface area contributed by atoms with E-state index in [-0.39, 0.29) is 5.91 Å². The second kappa shape index (κ2) is 3.33. The molecule has 1 aliphatic heterocycles. The summed E-state index contributed by atoms with van der Waals surface area (Å²) in [6.07, 6.45) is 0.623. The van der Waals surface area contributed by atoms with Gasteiger partial charge in [-0.3, -0.25) is 10.1 Å². The zero-order valence-electron chi connectivity index (χ0n) is 8.18. The molecule has 0 unspecified atom stereocenters. The predicted octanol–water partition coefficient (Wildman–Crippen LogP) is -0.464. The average Bonchev–Trinajstić information content (AvgIpc) is 2.23. The number of urea groups is 1. The monoisotopic (exact) mass is 185 g/mol. The van der Waals surface area contributed by atoms with Crippen LogP contribution < -0.4 is 10.6 Å². The average molecular weight is 185 g/mol. The van der Waals surface area contributed by atoms with Crippen molar-refractivity contribution < 1.29 is 9.59 Å². The minimum absolute atomic E-state index is 0.237. The van der Waals surface area contributed by atoms with E-state index >= 15 is 0 Å². The Hall–Kier alpha value is -1.10. The largest absolute Gasteiger partial charge is 0.324 e. The van der Waals surface area contributed by atoms with Crippen LogP contribution in [0.25, 0.3) is 0 Å². The van der Waals surface area contributed by atoms with E-state index in [1.807, 2.05) is 19.0 Å². The third kappa shape index (κ3) is 2.18. The Bertz CT molecular complexity index is 240. The Morgan fingerprint density at radius 2 is 2.00 bits per heavy atom. The number of carbonyl (C=O) groups excluding carboxylic acids is 2. The molecule has 1 aliphatic rings. The number of carbonyl (C=O) groups is 2. The van der Waals surface area contributed by atoms with Gasteiger partial charge in [0.15, 0.2) is 0 Å². The lowest BCUT2D eigenvalue weighted by Gasteiger charge is -2.22. The summed E-state index contributed by atoms with van der Waals surface area (Å²) < 4.78 is 0. The molecule has 3 amide bonds. The van der Waals surface area contributed by atoms with Crippen LogP contribution in [0.4, 0.5) is 4.79 Å². The van der Waals surface area contributed by atoms with Crippen molar-refractivity contribution in [1.82, 2.24) is 15.5 Å². The van der Waals surface area contributed by atoms with Crippen molar-refractivity contribution in [2.75, 3.05) is 20.6 Å². The number of nitrogens with one attached hydrogen (secondary N) is 2. The van der Waals surface area contributed by atoms with Crippen molar-refractivity contribution in [2.45, 2.75) is 18.9 Å². The fourth-order valence-corrected chi connectivity index (χ4v) is 1.20. The minimum Gasteiger partial charge on any atom is -0.324 e. The third-order valence-electron chi connectivity index (χ3n) is 2.18. The molecule has 0 saturated carbocycles. The van der Waals surface area contributed by atoms with Crippen molar-refractivity contribution >= 4 is 11.9 Å². The quantitative estimate of drug-likeness (QED) is 0.585. The Labute approximate surface area is 77.5 Å². The summed E-state index contributed by atoms with van der Waals surface area (Å²) in [5.41, 5.74) is -0.735.